The van der Waals surface area contributed by atoms with Crippen LogP contribution in [0.1, 0.15) is 35.2 Å². The second-order valence-corrected chi connectivity index (χ2v) is 6.95. The molecule has 1 saturated carbocycles. The lowest BCUT2D eigenvalue weighted by Crippen LogP contribution is -2.43. The van der Waals surface area contributed by atoms with Crippen molar-refractivity contribution in [2.45, 2.75) is 38.3 Å². The van der Waals surface area contributed by atoms with E-state index in [9.17, 15) is 4.79 Å². The Bertz CT molecular complexity index is 905. The van der Waals surface area contributed by atoms with Gasteiger partial charge in [-0.1, -0.05) is 18.2 Å². The molecule has 1 aromatic carbocycles. The molecule has 3 aromatic rings. The predicted octanol–water partition coefficient (Wildman–Crippen LogP) is 3.34. The van der Waals surface area contributed by atoms with Crippen molar-refractivity contribution in [3.05, 3.63) is 72.2 Å². The van der Waals surface area contributed by atoms with E-state index in [2.05, 4.69) is 20.7 Å². The molecule has 1 aliphatic carbocycles. The number of benzene rings is 1. The van der Waals surface area contributed by atoms with Gasteiger partial charge in [0.1, 0.15) is 5.82 Å². The zero-order valence-electron chi connectivity index (χ0n) is 15.3. The lowest BCUT2D eigenvalue weighted by molar-refractivity contribution is 0.0935. The molecule has 2 heterocycles. The van der Waals surface area contributed by atoms with Crippen molar-refractivity contribution in [3.63, 3.8) is 0 Å². The quantitative estimate of drug-likeness (QED) is 0.731. The summed E-state index contributed by atoms with van der Waals surface area (Å²) in [7, 11) is 0. The van der Waals surface area contributed by atoms with Gasteiger partial charge in [0.25, 0.3) is 5.91 Å². The van der Waals surface area contributed by atoms with Gasteiger partial charge in [0, 0.05) is 30.7 Å². The van der Waals surface area contributed by atoms with Crippen molar-refractivity contribution in [3.8, 4) is 5.69 Å². The Morgan fingerprint density at radius 1 is 1.11 bits per heavy atom. The topological polar surface area (TPSA) is 71.8 Å². The minimum absolute atomic E-state index is 0.0725. The van der Waals surface area contributed by atoms with Crippen LogP contribution < -0.4 is 10.6 Å². The lowest BCUT2D eigenvalue weighted by atomic mass is 10.1. The SMILES string of the molecule is Cc1ccc(N[C@H]2CCC[C@H]2NC(=O)c2ccccc2-n2cccn2)nc1. The number of anilines is 1. The Labute approximate surface area is 158 Å². The molecule has 2 aromatic heterocycles. The zero-order valence-corrected chi connectivity index (χ0v) is 15.3. The van der Waals surface area contributed by atoms with E-state index < -0.39 is 0 Å². The molecule has 1 aliphatic rings. The summed E-state index contributed by atoms with van der Waals surface area (Å²) < 4.78 is 1.72. The molecule has 2 N–H and O–H groups in total. The fraction of sp³-hybridized carbons (Fsp3) is 0.286. The van der Waals surface area contributed by atoms with Crippen LogP contribution in [0.4, 0.5) is 5.82 Å². The van der Waals surface area contributed by atoms with E-state index >= 15 is 0 Å². The molecule has 0 aliphatic heterocycles. The number of carbonyl (C=O) groups is 1. The molecule has 0 spiro atoms. The molecule has 27 heavy (non-hydrogen) atoms. The Morgan fingerprint density at radius 2 is 1.96 bits per heavy atom. The fourth-order valence-corrected chi connectivity index (χ4v) is 3.57. The maximum absolute atomic E-state index is 13.0. The standard InChI is InChI=1S/C21H23N5O/c1-15-10-11-20(22-14-15)24-17-7-4-8-18(17)25-21(27)16-6-2-3-9-19(16)26-13-5-12-23-26/h2-3,5-6,9-14,17-18H,4,7-8H2,1H3,(H,22,24)(H,25,27)/t17-,18+/m0/s1. The molecule has 0 bridgehead atoms. The van der Waals surface area contributed by atoms with E-state index in [1.54, 1.807) is 10.9 Å². The number of nitrogens with zero attached hydrogens (tertiary/aromatic N) is 3. The van der Waals surface area contributed by atoms with Crippen LogP contribution in [-0.2, 0) is 0 Å². The van der Waals surface area contributed by atoms with Gasteiger partial charge in [0.05, 0.1) is 11.3 Å². The van der Waals surface area contributed by atoms with Crippen molar-refractivity contribution < 1.29 is 4.79 Å². The van der Waals surface area contributed by atoms with Crippen molar-refractivity contribution in [2.24, 2.45) is 0 Å². The van der Waals surface area contributed by atoms with Crippen LogP contribution in [0.5, 0.6) is 0 Å². The largest absolute Gasteiger partial charge is 0.365 e. The highest BCUT2D eigenvalue weighted by Gasteiger charge is 2.29. The summed E-state index contributed by atoms with van der Waals surface area (Å²) in [6.07, 6.45) is 8.45. The molecule has 2 atom stereocenters. The summed E-state index contributed by atoms with van der Waals surface area (Å²) >= 11 is 0. The number of pyridine rings is 1. The number of hydrogen-bond donors (Lipinski definition) is 2. The summed E-state index contributed by atoms with van der Waals surface area (Å²) in [5.74, 6) is 0.778. The lowest BCUT2D eigenvalue weighted by Gasteiger charge is -2.23. The van der Waals surface area contributed by atoms with E-state index in [1.807, 2.05) is 61.8 Å². The Hall–Kier alpha value is -3.15. The number of aryl methyl sites for hydroxylation is 1. The minimum atomic E-state index is -0.0725. The number of rotatable bonds is 5. The summed E-state index contributed by atoms with van der Waals surface area (Å²) in [5, 5.41) is 10.9. The molecule has 1 fully saturated rings. The van der Waals surface area contributed by atoms with Crippen molar-refractivity contribution in [1.82, 2.24) is 20.1 Å². The van der Waals surface area contributed by atoms with E-state index in [4.69, 9.17) is 0 Å². The van der Waals surface area contributed by atoms with E-state index in [-0.39, 0.29) is 18.0 Å². The number of para-hydroxylation sites is 1. The molecule has 1 amide bonds. The van der Waals surface area contributed by atoms with Gasteiger partial charge in [-0.05, 0) is 56.0 Å². The molecule has 0 radical (unpaired) electrons. The maximum Gasteiger partial charge on any atom is 0.253 e. The highest BCUT2D eigenvalue weighted by molar-refractivity contribution is 5.98. The van der Waals surface area contributed by atoms with Gasteiger partial charge in [-0.3, -0.25) is 4.79 Å². The number of nitrogens with one attached hydrogen (secondary N) is 2. The first-order valence-electron chi connectivity index (χ1n) is 9.30. The molecule has 4 rings (SSSR count). The summed E-state index contributed by atoms with van der Waals surface area (Å²) in [6, 6.07) is 13.7. The molecule has 0 unspecified atom stereocenters. The first-order chi connectivity index (χ1) is 13.2. The Kier molecular flexibility index (Phi) is 4.87. The fourth-order valence-electron chi connectivity index (χ4n) is 3.57. The average molecular weight is 361 g/mol. The molecular weight excluding hydrogens is 338 g/mol. The number of hydrogen-bond acceptors (Lipinski definition) is 4. The maximum atomic E-state index is 13.0. The van der Waals surface area contributed by atoms with Gasteiger partial charge in [0.2, 0.25) is 0 Å². The third kappa shape index (κ3) is 3.84. The van der Waals surface area contributed by atoms with Gasteiger partial charge in [-0.25, -0.2) is 9.67 Å². The van der Waals surface area contributed by atoms with Crippen LogP contribution in [0.3, 0.4) is 0 Å². The molecule has 6 heteroatoms. The van der Waals surface area contributed by atoms with Crippen LogP contribution in [0.15, 0.2) is 61.1 Å². The first-order valence-corrected chi connectivity index (χ1v) is 9.30. The second-order valence-electron chi connectivity index (χ2n) is 6.95. The predicted molar refractivity (Wildman–Crippen MR) is 105 cm³/mol. The van der Waals surface area contributed by atoms with Crippen molar-refractivity contribution >= 4 is 11.7 Å². The van der Waals surface area contributed by atoms with Gasteiger partial charge in [0.15, 0.2) is 0 Å². The number of carbonyl (C=O) groups excluding carboxylic acids is 1. The number of amides is 1. The Morgan fingerprint density at radius 3 is 2.74 bits per heavy atom. The minimum Gasteiger partial charge on any atom is -0.365 e. The van der Waals surface area contributed by atoms with E-state index in [1.165, 1.54) is 0 Å². The number of aromatic nitrogens is 3. The highest BCUT2D eigenvalue weighted by atomic mass is 16.1. The summed E-state index contributed by atoms with van der Waals surface area (Å²) in [6.45, 7) is 2.02. The molecular formula is C21H23N5O. The molecule has 138 valence electrons. The third-order valence-electron chi connectivity index (χ3n) is 4.98. The second kappa shape index (κ2) is 7.61. The highest BCUT2D eigenvalue weighted by Crippen LogP contribution is 2.23. The van der Waals surface area contributed by atoms with Gasteiger partial charge in [-0.15, -0.1) is 0 Å². The van der Waals surface area contributed by atoms with Crippen molar-refractivity contribution in [1.29, 1.82) is 0 Å². The van der Waals surface area contributed by atoms with E-state index in [0.717, 1.165) is 36.3 Å². The summed E-state index contributed by atoms with van der Waals surface area (Å²) in [5.41, 5.74) is 2.54. The zero-order chi connectivity index (χ0) is 18.6. The van der Waals surface area contributed by atoms with E-state index in [0.29, 0.717) is 5.56 Å². The normalized spacial score (nSPS) is 19.0. The Balaban J connectivity index is 1.48. The first kappa shape index (κ1) is 17.3. The average Bonchev–Trinajstić information content (AvgIpc) is 3.36. The van der Waals surface area contributed by atoms with Gasteiger partial charge < -0.3 is 10.6 Å². The third-order valence-corrected chi connectivity index (χ3v) is 4.98. The van der Waals surface area contributed by atoms with Crippen LogP contribution >= 0.6 is 0 Å². The molecule has 0 saturated heterocycles. The van der Waals surface area contributed by atoms with Crippen LogP contribution in [0.2, 0.25) is 0 Å². The smallest absolute Gasteiger partial charge is 0.253 e. The van der Waals surface area contributed by atoms with Gasteiger partial charge >= 0.3 is 0 Å². The van der Waals surface area contributed by atoms with Crippen molar-refractivity contribution in [2.75, 3.05) is 5.32 Å². The molecule has 6 nitrogen and oxygen atoms in total. The van der Waals surface area contributed by atoms with Crippen LogP contribution in [0.25, 0.3) is 5.69 Å². The monoisotopic (exact) mass is 361 g/mol. The van der Waals surface area contributed by atoms with Crippen LogP contribution in [0, 0.1) is 6.92 Å². The van der Waals surface area contributed by atoms with Crippen LogP contribution in [-0.4, -0.2) is 32.8 Å². The van der Waals surface area contributed by atoms with Gasteiger partial charge in [-0.2, -0.15) is 5.10 Å². The summed E-state index contributed by atoms with van der Waals surface area (Å²) in [4.78, 5) is 17.4.